The van der Waals surface area contributed by atoms with Gasteiger partial charge in [0.2, 0.25) is 0 Å². The van der Waals surface area contributed by atoms with Gasteiger partial charge in [-0.25, -0.2) is 9.97 Å². The van der Waals surface area contributed by atoms with Gasteiger partial charge in [0, 0.05) is 33.3 Å². The summed E-state index contributed by atoms with van der Waals surface area (Å²) in [5.74, 6) is 2.24. The molecule has 1 aromatic rings. The van der Waals surface area contributed by atoms with Crippen molar-refractivity contribution < 1.29 is 9.47 Å². The van der Waals surface area contributed by atoms with Crippen LogP contribution < -0.4 is 5.32 Å². The van der Waals surface area contributed by atoms with Crippen LogP contribution in [0.5, 0.6) is 0 Å². The number of anilines is 1. The van der Waals surface area contributed by atoms with Crippen LogP contribution in [0.25, 0.3) is 0 Å². The molecule has 1 aliphatic heterocycles. The van der Waals surface area contributed by atoms with E-state index in [9.17, 15) is 0 Å². The molecule has 1 aromatic heterocycles. The van der Waals surface area contributed by atoms with E-state index in [1.807, 2.05) is 0 Å². The molecule has 106 valence electrons. The Balaban J connectivity index is 2.20. The highest BCUT2D eigenvalue weighted by molar-refractivity contribution is 9.10. The Hall–Kier alpha value is -0.720. The molecule has 2 rings (SSSR count). The number of halogens is 1. The number of nitrogens with one attached hydrogen (secondary N) is 1. The largest absolute Gasteiger partial charge is 0.381 e. The third-order valence-electron chi connectivity index (χ3n) is 3.09. The summed E-state index contributed by atoms with van der Waals surface area (Å²) in [6.07, 6.45) is 1.96. The SMILES string of the molecule is CCNc1nc(CC2CCOC2)nc(COC)c1Br. The highest BCUT2D eigenvalue weighted by Crippen LogP contribution is 2.26. The Morgan fingerprint density at radius 1 is 1.47 bits per heavy atom. The molecule has 6 heteroatoms. The first kappa shape index (κ1) is 14.7. The van der Waals surface area contributed by atoms with E-state index in [1.165, 1.54) is 0 Å². The van der Waals surface area contributed by atoms with Gasteiger partial charge in [0.1, 0.15) is 11.6 Å². The first-order chi connectivity index (χ1) is 9.24. The van der Waals surface area contributed by atoms with E-state index in [0.29, 0.717) is 12.5 Å². The Kier molecular flexibility index (Phi) is 5.54. The van der Waals surface area contributed by atoms with Crippen molar-refractivity contribution in [1.29, 1.82) is 0 Å². The van der Waals surface area contributed by atoms with Gasteiger partial charge in [0.15, 0.2) is 0 Å². The average molecular weight is 330 g/mol. The van der Waals surface area contributed by atoms with Crippen molar-refractivity contribution in [1.82, 2.24) is 9.97 Å². The summed E-state index contributed by atoms with van der Waals surface area (Å²) in [4.78, 5) is 9.18. The van der Waals surface area contributed by atoms with E-state index in [1.54, 1.807) is 7.11 Å². The molecule has 19 heavy (non-hydrogen) atoms. The maximum atomic E-state index is 5.40. The first-order valence-corrected chi connectivity index (χ1v) is 7.39. The normalized spacial score (nSPS) is 18.8. The maximum absolute atomic E-state index is 5.40. The van der Waals surface area contributed by atoms with Crippen molar-refractivity contribution in [2.45, 2.75) is 26.4 Å². The lowest BCUT2D eigenvalue weighted by Gasteiger charge is -2.13. The molecule has 1 unspecified atom stereocenters. The lowest BCUT2D eigenvalue weighted by Crippen LogP contribution is -2.12. The molecular formula is C13H20BrN3O2. The van der Waals surface area contributed by atoms with Crippen LogP contribution in [0, 0.1) is 5.92 Å². The number of ether oxygens (including phenoxy) is 2. The molecule has 1 fully saturated rings. The van der Waals surface area contributed by atoms with Crippen LogP contribution in [0.3, 0.4) is 0 Å². The van der Waals surface area contributed by atoms with Crippen LogP contribution in [0.1, 0.15) is 24.9 Å². The third-order valence-corrected chi connectivity index (χ3v) is 3.92. The lowest BCUT2D eigenvalue weighted by molar-refractivity contribution is 0.180. The number of hydrogen-bond donors (Lipinski definition) is 1. The van der Waals surface area contributed by atoms with Gasteiger partial charge < -0.3 is 14.8 Å². The van der Waals surface area contributed by atoms with Gasteiger partial charge in [0.25, 0.3) is 0 Å². The summed E-state index contributed by atoms with van der Waals surface area (Å²) in [6, 6.07) is 0. The molecular weight excluding hydrogens is 310 g/mol. The zero-order valence-corrected chi connectivity index (χ0v) is 13.0. The van der Waals surface area contributed by atoms with Crippen molar-refractivity contribution in [2.75, 3.05) is 32.2 Å². The minimum Gasteiger partial charge on any atom is -0.381 e. The molecule has 0 aliphatic carbocycles. The van der Waals surface area contributed by atoms with E-state index in [2.05, 4.69) is 38.1 Å². The van der Waals surface area contributed by atoms with Crippen LogP contribution in [-0.2, 0) is 22.5 Å². The van der Waals surface area contributed by atoms with Gasteiger partial charge in [-0.15, -0.1) is 0 Å². The van der Waals surface area contributed by atoms with Gasteiger partial charge in [-0.2, -0.15) is 0 Å². The van der Waals surface area contributed by atoms with Gasteiger partial charge >= 0.3 is 0 Å². The fourth-order valence-corrected chi connectivity index (χ4v) is 2.59. The smallest absolute Gasteiger partial charge is 0.144 e. The summed E-state index contributed by atoms with van der Waals surface area (Å²) in [5, 5.41) is 3.26. The molecule has 0 saturated carbocycles. The molecule has 5 nitrogen and oxygen atoms in total. The zero-order valence-electron chi connectivity index (χ0n) is 11.4. The molecule has 1 saturated heterocycles. The predicted octanol–water partition coefficient (Wildman–Crippen LogP) is 2.40. The second kappa shape index (κ2) is 7.17. The highest BCUT2D eigenvalue weighted by Gasteiger charge is 2.19. The summed E-state index contributed by atoms with van der Waals surface area (Å²) in [7, 11) is 1.67. The monoisotopic (exact) mass is 329 g/mol. The zero-order chi connectivity index (χ0) is 13.7. The molecule has 0 aromatic carbocycles. The highest BCUT2D eigenvalue weighted by atomic mass is 79.9. The Morgan fingerprint density at radius 2 is 2.32 bits per heavy atom. The van der Waals surface area contributed by atoms with Crippen LogP contribution in [-0.4, -0.2) is 36.8 Å². The van der Waals surface area contributed by atoms with Gasteiger partial charge in [-0.3, -0.25) is 0 Å². The summed E-state index contributed by atoms with van der Waals surface area (Å²) < 4.78 is 11.5. The van der Waals surface area contributed by atoms with Crippen molar-refractivity contribution >= 4 is 21.7 Å². The van der Waals surface area contributed by atoms with Crippen molar-refractivity contribution in [3.63, 3.8) is 0 Å². The predicted molar refractivity (Wildman–Crippen MR) is 77.2 cm³/mol. The number of aromatic nitrogens is 2. The van der Waals surface area contributed by atoms with Crippen LogP contribution in [0.4, 0.5) is 5.82 Å². The summed E-state index contributed by atoms with van der Waals surface area (Å²) >= 11 is 3.54. The first-order valence-electron chi connectivity index (χ1n) is 6.60. The Labute approximate surface area is 122 Å². The topological polar surface area (TPSA) is 56.3 Å². The summed E-state index contributed by atoms with van der Waals surface area (Å²) in [5.41, 5.74) is 0.891. The standard InChI is InChI=1S/C13H20BrN3O2/c1-3-15-13-12(14)10(8-18-2)16-11(17-13)6-9-4-5-19-7-9/h9H,3-8H2,1-2H3,(H,15,16,17). The number of nitrogens with zero attached hydrogens (tertiary/aromatic N) is 2. The Morgan fingerprint density at radius 3 is 2.95 bits per heavy atom. The summed E-state index contributed by atoms with van der Waals surface area (Å²) in [6.45, 7) is 5.03. The molecule has 0 amide bonds. The lowest BCUT2D eigenvalue weighted by atomic mass is 10.0. The second-order valence-corrected chi connectivity index (χ2v) is 5.44. The molecule has 0 spiro atoms. The number of rotatable bonds is 6. The Bertz CT molecular complexity index is 395. The molecule has 0 radical (unpaired) electrons. The van der Waals surface area contributed by atoms with Crippen LogP contribution in [0.2, 0.25) is 0 Å². The molecule has 2 heterocycles. The van der Waals surface area contributed by atoms with Crippen LogP contribution >= 0.6 is 15.9 Å². The quantitative estimate of drug-likeness (QED) is 0.868. The second-order valence-electron chi connectivity index (χ2n) is 4.65. The average Bonchev–Trinajstić information content (AvgIpc) is 2.88. The molecule has 1 atom stereocenters. The van der Waals surface area contributed by atoms with E-state index in [0.717, 1.165) is 54.4 Å². The van der Waals surface area contributed by atoms with Gasteiger partial charge in [0.05, 0.1) is 16.8 Å². The van der Waals surface area contributed by atoms with Crippen LogP contribution in [0.15, 0.2) is 4.47 Å². The molecule has 1 N–H and O–H groups in total. The minimum atomic E-state index is 0.482. The van der Waals surface area contributed by atoms with Crippen molar-refractivity contribution in [3.8, 4) is 0 Å². The van der Waals surface area contributed by atoms with Crippen molar-refractivity contribution in [3.05, 3.63) is 16.0 Å². The van der Waals surface area contributed by atoms with Gasteiger partial charge in [-0.1, -0.05) is 0 Å². The van der Waals surface area contributed by atoms with E-state index < -0.39 is 0 Å². The minimum absolute atomic E-state index is 0.482. The van der Waals surface area contributed by atoms with E-state index in [-0.39, 0.29) is 0 Å². The molecule has 0 bridgehead atoms. The van der Waals surface area contributed by atoms with E-state index in [4.69, 9.17) is 9.47 Å². The number of methoxy groups -OCH3 is 1. The van der Waals surface area contributed by atoms with Crippen molar-refractivity contribution in [2.24, 2.45) is 5.92 Å². The van der Waals surface area contributed by atoms with E-state index >= 15 is 0 Å². The maximum Gasteiger partial charge on any atom is 0.144 e. The molecule has 1 aliphatic rings. The van der Waals surface area contributed by atoms with Gasteiger partial charge in [-0.05, 0) is 35.2 Å². The fraction of sp³-hybridized carbons (Fsp3) is 0.692. The fourth-order valence-electron chi connectivity index (χ4n) is 2.16. The third kappa shape index (κ3) is 3.87. The number of hydrogen-bond acceptors (Lipinski definition) is 5.